The molecule has 0 amide bonds. The highest BCUT2D eigenvalue weighted by Gasteiger charge is 2.14. The molecule has 0 aliphatic heterocycles. The first-order valence-corrected chi connectivity index (χ1v) is 6.99. The van der Waals surface area contributed by atoms with Gasteiger partial charge in [-0.3, -0.25) is 0 Å². The SMILES string of the molecule is Cc1cnc(C(C)NC(C)c2cscn2)s1. The number of hydrogen-bond donors (Lipinski definition) is 1. The lowest BCUT2D eigenvalue weighted by molar-refractivity contribution is 0.486. The van der Waals surface area contributed by atoms with Crippen LogP contribution in [0.25, 0.3) is 0 Å². The minimum atomic E-state index is 0.269. The number of hydrogen-bond acceptors (Lipinski definition) is 5. The van der Waals surface area contributed by atoms with Crippen molar-refractivity contribution in [1.82, 2.24) is 15.3 Å². The molecule has 0 saturated heterocycles. The van der Waals surface area contributed by atoms with Gasteiger partial charge in [0.15, 0.2) is 0 Å². The third-order valence-corrected chi connectivity index (χ3v) is 4.10. The van der Waals surface area contributed by atoms with E-state index in [1.54, 1.807) is 22.7 Å². The normalized spacial score (nSPS) is 14.9. The van der Waals surface area contributed by atoms with E-state index in [9.17, 15) is 0 Å². The second-order valence-corrected chi connectivity index (χ2v) is 5.82. The molecule has 2 heterocycles. The van der Waals surface area contributed by atoms with Crippen molar-refractivity contribution in [3.8, 4) is 0 Å². The Labute approximate surface area is 104 Å². The van der Waals surface area contributed by atoms with Crippen molar-refractivity contribution < 1.29 is 0 Å². The molecule has 2 aromatic rings. The predicted octanol–water partition coefficient (Wildman–Crippen LogP) is 3.32. The molecular formula is C11H15N3S2. The fourth-order valence-corrected chi connectivity index (χ4v) is 2.97. The molecule has 2 aromatic heterocycles. The van der Waals surface area contributed by atoms with Gasteiger partial charge >= 0.3 is 0 Å². The number of thiazole rings is 2. The van der Waals surface area contributed by atoms with Gasteiger partial charge in [-0.1, -0.05) is 0 Å². The lowest BCUT2D eigenvalue weighted by atomic mass is 10.2. The highest BCUT2D eigenvalue weighted by Crippen LogP contribution is 2.22. The maximum atomic E-state index is 4.39. The number of rotatable bonds is 4. The Hall–Kier alpha value is -0.780. The van der Waals surface area contributed by atoms with E-state index in [-0.39, 0.29) is 12.1 Å². The molecule has 0 aromatic carbocycles. The van der Waals surface area contributed by atoms with E-state index >= 15 is 0 Å². The third kappa shape index (κ3) is 2.66. The van der Waals surface area contributed by atoms with Crippen LogP contribution in [0.5, 0.6) is 0 Å². The first-order chi connectivity index (χ1) is 7.66. The smallest absolute Gasteiger partial charge is 0.109 e. The predicted molar refractivity (Wildman–Crippen MR) is 68.9 cm³/mol. The number of aryl methyl sites for hydroxylation is 1. The van der Waals surface area contributed by atoms with Crippen molar-refractivity contribution in [3.63, 3.8) is 0 Å². The fourth-order valence-electron chi connectivity index (χ4n) is 1.54. The lowest BCUT2D eigenvalue weighted by Gasteiger charge is -2.16. The van der Waals surface area contributed by atoms with E-state index in [4.69, 9.17) is 0 Å². The van der Waals surface area contributed by atoms with Gasteiger partial charge < -0.3 is 5.32 Å². The second-order valence-electron chi connectivity index (χ2n) is 3.83. The van der Waals surface area contributed by atoms with Gasteiger partial charge in [0.05, 0.1) is 17.2 Å². The van der Waals surface area contributed by atoms with E-state index in [0.29, 0.717) is 0 Å². The average Bonchev–Trinajstić information content (AvgIpc) is 2.87. The van der Waals surface area contributed by atoms with Crippen LogP contribution in [0.3, 0.4) is 0 Å². The van der Waals surface area contributed by atoms with Crippen LogP contribution in [0, 0.1) is 6.92 Å². The van der Waals surface area contributed by atoms with Crippen LogP contribution in [0.2, 0.25) is 0 Å². The summed E-state index contributed by atoms with van der Waals surface area (Å²) in [6.45, 7) is 6.35. The molecule has 86 valence electrons. The highest BCUT2D eigenvalue weighted by atomic mass is 32.1. The molecule has 1 N–H and O–H groups in total. The maximum absolute atomic E-state index is 4.39. The second kappa shape index (κ2) is 5.03. The van der Waals surface area contributed by atoms with Crippen molar-refractivity contribution in [2.24, 2.45) is 0 Å². The fraction of sp³-hybridized carbons (Fsp3) is 0.455. The summed E-state index contributed by atoms with van der Waals surface area (Å²) < 4.78 is 0. The summed E-state index contributed by atoms with van der Waals surface area (Å²) in [6.07, 6.45) is 1.92. The Kier molecular flexibility index (Phi) is 3.68. The third-order valence-electron chi connectivity index (χ3n) is 2.40. The minimum Gasteiger partial charge on any atom is -0.300 e. The Morgan fingerprint density at radius 3 is 2.62 bits per heavy atom. The standard InChI is InChI=1S/C11H15N3S2/c1-7-4-12-11(16-7)9(3)14-8(2)10-5-15-6-13-10/h4-6,8-9,14H,1-3H3. The summed E-state index contributed by atoms with van der Waals surface area (Å²) in [5.41, 5.74) is 2.97. The molecule has 0 saturated carbocycles. The molecule has 3 nitrogen and oxygen atoms in total. The van der Waals surface area contributed by atoms with E-state index in [0.717, 1.165) is 10.7 Å². The average molecular weight is 253 g/mol. The molecule has 0 fully saturated rings. The summed E-state index contributed by atoms with van der Waals surface area (Å²) in [7, 11) is 0. The molecule has 2 unspecified atom stereocenters. The quantitative estimate of drug-likeness (QED) is 0.908. The largest absolute Gasteiger partial charge is 0.300 e. The summed E-state index contributed by atoms with van der Waals surface area (Å²) in [6, 6.07) is 0.542. The highest BCUT2D eigenvalue weighted by molar-refractivity contribution is 7.11. The molecule has 0 aliphatic carbocycles. The van der Waals surface area contributed by atoms with Gasteiger partial charge in [-0.25, -0.2) is 9.97 Å². The van der Waals surface area contributed by atoms with Gasteiger partial charge in [-0.15, -0.1) is 22.7 Å². The Balaban J connectivity index is 2.00. The summed E-state index contributed by atoms with van der Waals surface area (Å²) in [5.74, 6) is 0. The molecule has 5 heteroatoms. The van der Waals surface area contributed by atoms with E-state index < -0.39 is 0 Å². The van der Waals surface area contributed by atoms with E-state index in [1.807, 2.05) is 11.7 Å². The van der Waals surface area contributed by atoms with Gasteiger partial charge in [0.1, 0.15) is 5.01 Å². The molecule has 0 bridgehead atoms. The van der Waals surface area contributed by atoms with E-state index in [1.165, 1.54) is 4.88 Å². The van der Waals surface area contributed by atoms with Crippen LogP contribution in [0.4, 0.5) is 0 Å². The first kappa shape index (κ1) is 11.7. The maximum Gasteiger partial charge on any atom is 0.109 e. The van der Waals surface area contributed by atoms with Gasteiger partial charge in [0, 0.05) is 22.5 Å². The minimum absolute atomic E-state index is 0.269. The molecular weight excluding hydrogens is 238 g/mol. The molecule has 0 spiro atoms. The van der Waals surface area contributed by atoms with Crippen LogP contribution in [-0.4, -0.2) is 9.97 Å². The monoisotopic (exact) mass is 253 g/mol. The molecule has 2 atom stereocenters. The number of aromatic nitrogens is 2. The van der Waals surface area contributed by atoms with Crippen LogP contribution in [0.1, 0.15) is 41.5 Å². The topological polar surface area (TPSA) is 37.8 Å². The zero-order chi connectivity index (χ0) is 11.5. The molecule has 2 rings (SSSR count). The number of nitrogens with zero attached hydrogens (tertiary/aromatic N) is 2. The Morgan fingerprint density at radius 2 is 2.06 bits per heavy atom. The molecule has 0 aliphatic rings. The van der Waals surface area contributed by atoms with Gasteiger partial charge in [-0.2, -0.15) is 0 Å². The van der Waals surface area contributed by atoms with Crippen LogP contribution in [-0.2, 0) is 0 Å². The molecule has 0 radical (unpaired) electrons. The summed E-state index contributed by atoms with van der Waals surface area (Å²) in [4.78, 5) is 9.95. The van der Waals surface area contributed by atoms with Crippen molar-refractivity contribution in [2.75, 3.05) is 0 Å². The number of nitrogens with one attached hydrogen (secondary N) is 1. The van der Waals surface area contributed by atoms with Gasteiger partial charge in [0.25, 0.3) is 0 Å². The first-order valence-electron chi connectivity index (χ1n) is 5.23. The van der Waals surface area contributed by atoms with Crippen LogP contribution < -0.4 is 5.32 Å². The summed E-state index contributed by atoms with van der Waals surface area (Å²) in [5, 5.41) is 6.72. The van der Waals surface area contributed by atoms with Crippen LogP contribution >= 0.6 is 22.7 Å². The summed E-state index contributed by atoms with van der Waals surface area (Å²) >= 11 is 3.37. The molecule has 16 heavy (non-hydrogen) atoms. The van der Waals surface area contributed by atoms with Gasteiger partial charge in [-0.05, 0) is 20.8 Å². The Morgan fingerprint density at radius 1 is 1.25 bits per heavy atom. The lowest BCUT2D eigenvalue weighted by Crippen LogP contribution is -2.22. The van der Waals surface area contributed by atoms with Crippen molar-refractivity contribution >= 4 is 22.7 Å². The van der Waals surface area contributed by atoms with Crippen molar-refractivity contribution in [3.05, 3.63) is 32.7 Å². The zero-order valence-corrected chi connectivity index (χ0v) is 11.2. The van der Waals surface area contributed by atoms with Crippen molar-refractivity contribution in [1.29, 1.82) is 0 Å². The van der Waals surface area contributed by atoms with E-state index in [2.05, 4.69) is 41.4 Å². The van der Waals surface area contributed by atoms with Gasteiger partial charge in [0.2, 0.25) is 0 Å². The van der Waals surface area contributed by atoms with Crippen LogP contribution in [0.15, 0.2) is 17.1 Å². The Bertz CT molecular complexity index is 436. The van der Waals surface area contributed by atoms with Crippen molar-refractivity contribution in [2.45, 2.75) is 32.9 Å². The zero-order valence-electron chi connectivity index (χ0n) is 9.60.